The monoisotopic (exact) mass is 336 g/mol. The van der Waals surface area contributed by atoms with Gasteiger partial charge in [0.2, 0.25) is 5.91 Å². The van der Waals surface area contributed by atoms with Gasteiger partial charge in [-0.15, -0.1) is 0 Å². The Balaban J connectivity index is 1.61. The summed E-state index contributed by atoms with van der Waals surface area (Å²) in [5.74, 6) is 0.941. The van der Waals surface area contributed by atoms with Gasteiger partial charge in [0, 0.05) is 23.9 Å². The van der Waals surface area contributed by atoms with E-state index in [1.807, 2.05) is 24.3 Å². The van der Waals surface area contributed by atoms with Crippen LogP contribution in [0.1, 0.15) is 24.2 Å². The van der Waals surface area contributed by atoms with Crippen LogP contribution in [0.4, 0.5) is 0 Å². The third-order valence-electron chi connectivity index (χ3n) is 2.91. The first-order chi connectivity index (χ1) is 9.74. The lowest BCUT2D eigenvalue weighted by Crippen LogP contribution is -2.25. The Bertz CT molecular complexity index is 542. The number of carbonyl (C=O) groups excluding carboxylic acids is 1. The molecule has 0 atom stereocenters. The third-order valence-corrected chi connectivity index (χ3v) is 3.40. The molecule has 0 saturated heterocycles. The van der Waals surface area contributed by atoms with E-state index in [9.17, 15) is 4.79 Å². The van der Waals surface area contributed by atoms with Crippen LogP contribution in [0.15, 0.2) is 35.1 Å². The van der Waals surface area contributed by atoms with E-state index in [2.05, 4.69) is 36.4 Å². The Morgan fingerprint density at radius 2 is 2.25 bits per heavy atom. The second kappa shape index (κ2) is 7.79. The lowest BCUT2D eigenvalue weighted by atomic mass is 10.1. The molecule has 0 saturated carbocycles. The van der Waals surface area contributed by atoms with Crippen molar-refractivity contribution in [1.82, 2.24) is 20.5 Å². The van der Waals surface area contributed by atoms with Crippen molar-refractivity contribution >= 4 is 21.8 Å². The van der Waals surface area contributed by atoms with Gasteiger partial charge in [-0.3, -0.25) is 9.89 Å². The normalized spacial score (nSPS) is 10.4. The van der Waals surface area contributed by atoms with Crippen LogP contribution in [0.2, 0.25) is 0 Å². The molecular weight excluding hydrogens is 320 g/mol. The summed E-state index contributed by atoms with van der Waals surface area (Å²) in [6, 6.07) is 8.03. The highest BCUT2D eigenvalue weighted by molar-refractivity contribution is 9.10. The molecule has 0 aliphatic rings. The SMILES string of the molecule is O=C(CCc1cccc(Br)c1)NCCCc1ncn[nH]1. The van der Waals surface area contributed by atoms with E-state index >= 15 is 0 Å². The van der Waals surface area contributed by atoms with Gasteiger partial charge in [-0.2, -0.15) is 5.10 Å². The van der Waals surface area contributed by atoms with Crippen LogP contribution in [-0.2, 0) is 17.6 Å². The van der Waals surface area contributed by atoms with E-state index < -0.39 is 0 Å². The molecule has 106 valence electrons. The van der Waals surface area contributed by atoms with Gasteiger partial charge in [-0.05, 0) is 30.5 Å². The van der Waals surface area contributed by atoms with Crippen LogP contribution in [0.25, 0.3) is 0 Å². The van der Waals surface area contributed by atoms with E-state index in [-0.39, 0.29) is 5.91 Å². The molecule has 5 nitrogen and oxygen atoms in total. The zero-order valence-electron chi connectivity index (χ0n) is 11.1. The summed E-state index contributed by atoms with van der Waals surface area (Å²) in [4.78, 5) is 15.7. The number of aryl methyl sites for hydroxylation is 2. The highest BCUT2D eigenvalue weighted by Gasteiger charge is 2.03. The summed E-state index contributed by atoms with van der Waals surface area (Å²) < 4.78 is 1.04. The molecule has 0 spiro atoms. The minimum Gasteiger partial charge on any atom is -0.356 e. The molecular formula is C14H17BrN4O. The number of carbonyl (C=O) groups is 1. The number of halogens is 1. The van der Waals surface area contributed by atoms with Gasteiger partial charge in [0.1, 0.15) is 12.2 Å². The summed E-state index contributed by atoms with van der Waals surface area (Å²) in [6.07, 6.45) is 4.42. The van der Waals surface area contributed by atoms with Crippen molar-refractivity contribution in [2.75, 3.05) is 6.54 Å². The number of amides is 1. The molecule has 2 N–H and O–H groups in total. The minimum absolute atomic E-state index is 0.0857. The van der Waals surface area contributed by atoms with Gasteiger partial charge in [-0.25, -0.2) is 4.98 Å². The molecule has 20 heavy (non-hydrogen) atoms. The van der Waals surface area contributed by atoms with E-state index in [1.54, 1.807) is 0 Å². The van der Waals surface area contributed by atoms with Crippen LogP contribution in [0, 0.1) is 0 Å². The number of rotatable bonds is 7. The Labute approximate surface area is 126 Å². The van der Waals surface area contributed by atoms with Crippen LogP contribution in [-0.4, -0.2) is 27.6 Å². The number of hydrogen-bond donors (Lipinski definition) is 2. The van der Waals surface area contributed by atoms with E-state index in [1.165, 1.54) is 6.33 Å². The van der Waals surface area contributed by atoms with Crippen molar-refractivity contribution in [2.24, 2.45) is 0 Å². The highest BCUT2D eigenvalue weighted by atomic mass is 79.9. The maximum Gasteiger partial charge on any atom is 0.220 e. The lowest BCUT2D eigenvalue weighted by molar-refractivity contribution is -0.121. The number of nitrogens with zero attached hydrogens (tertiary/aromatic N) is 2. The smallest absolute Gasteiger partial charge is 0.220 e. The van der Waals surface area contributed by atoms with Crippen molar-refractivity contribution in [3.8, 4) is 0 Å². The first kappa shape index (κ1) is 14.7. The average molecular weight is 337 g/mol. The largest absolute Gasteiger partial charge is 0.356 e. The fourth-order valence-electron chi connectivity index (χ4n) is 1.87. The quantitative estimate of drug-likeness (QED) is 0.762. The van der Waals surface area contributed by atoms with Gasteiger partial charge >= 0.3 is 0 Å². The Morgan fingerprint density at radius 1 is 1.35 bits per heavy atom. The molecule has 0 unspecified atom stereocenters. The number of benzene rings is 1. The fourth-order valence-corrected chi connectivity index (χ4v) is 2.32. The Hall–Kier alpha value is -1.69. The van der Waals surface area contributed by atoms with Gasteiger partial charge in [-0.1, -0.05) is 28.1 Å². The van der Waals surface area contributed by atoms with E-state index in [0.717, 1.165) is 35.1 Å². The summed E-state index contributed by atoms with van der Waals surface area (Å²) >= 11 is 3.42. The van der Waals surface area contributed by atoms with E-state index in [4.69, 9.17) is 0 Å². The molecule has 2 aromatic rings. The number of aromatic nitrogens is 3. The Morgan fingerprint density at radius 3 is 3.00 bits per heavy atom. The standard InChI is InChI=1S/C14H17BrN4O/c15-12-4-1-3-11(9-12)6-7-14(20)16-8-2-5-13-17-10-18-19-13/h1,3-4,9-10H,2,5-8H2,(H,16,20)(H,17,18,19). The molecule has 1 amide bonds. The Kier molecular flexibility index (Phi) is 5.73. The summed E-state index contributed by atoms with van der Waals surface area (Å²) in [7, 11) is 0. The van der Waals surface area contributed by atoms with Gasteiger partial charge in [0.25, 0.3) is 0 Å². The first-order valence-corrected chi connectivity index (χ1v) is 7.39. The molecule has 1 heterocycles. The van der Waals surface area contributed by atoms with Gasteiger partial charge in [0.05, 0.1) is 0 Å². The van der Waals surface area contributed by atoms with Crippen molar-refractivity contribution in [3.05, 3.63) is 46.5 Å². The maximum atomic E-state index is 11.7. The van der Waals surface area contributed by atoms with Crippen molar-refractivity contribution in [1.29, 1.82) is 0 Å². The summed E-state index contributed by atoms with van der Waals surface area (Å²) in [5.41, 5.74) is 1.16. The third kappa shape index (κ3) is 5.13. The molecule has 0 aliphatic heterocycles. The second-order valence-corrected chi connectivity index (χ2v) is 5.43. The lowest BCUT2D eigenvalue weighted by Gasteiger charge is -2.05. The predicted molar refractivity (Wildman–Crippen MR) is 80.2 cm³/mol. The molecule has 0 radical (unpaired) electrons. The van der Waals surface area contributed by atoms with Gasteiger partial charge in [0.15, 0.2) is 0 Å². The highest BCUT2D eigenvalue weighted by Crippen LogP contribution is 2.12. The molecule has 1 aromatic heterocycles. The van der Waals surface area contributed by atoms with Crippen molar-refractivity contribution in [2.45, 2.75) is 25.7 Å². The number of hydrogen-bond acceptors (Lipinski definition) is 3. The number of aromatic amines is 1. The summed E-state index contributed by atoms with van der Waals surface area (Å²) in [6.45, 7) is 0.665. The van der Waals surface area contributed by atoms with Gasteiger partial charge < -0.3 is 5.32 Å². The van der Waals surface area contributed by atoms with E-state index in [0.29, 0.717) is 13.0 Å². The summed E-state index contributed by atoms with van der Waals surface area (Å²) in [5, 5.41) is 9.50. The first-order valence-electron chi connectivity index (χ1n) is 6.59. The average Bonchev–Trinajstić information content (AvgIpc) is 2.95. The molecule has 6 heteroatoms. The van der Waals surface area contributed by atoms with Crippen LogP contribution in [0.5, 0.6) is 0 Å². The van der Waals surface area contributed by atoms with Crippen LogP contribution >= 0.6 is 15.9 Å². The topological polar surface area (TPSA) is 70.7 Å². The van der Waals surface area contributed by atoms with Crippen molar-refractivity contribution in [3.63, 3.8) is 0 Å². The maximum absolute atomic E-state index is 11.7. The minimum atomic E-state index is 0.0857. The number of nitrogens with one attached hydrogen (secondary N) is 2. The molecule has 1 aromatic carbocycles. The second-order valence-electron chi connectivity index (χ2n) is 4.52. The van der Waals surface area contributed by atoms with Crippen LogP contribution < -0.4 is 5.32 Å². The molecule has 0 bridgehead atoms. The zero-order valence-corrected chi connectivity index (χ0v) is 12.7. The molecule has 0 aliphatic carbocycles. The fraction of sp³-hybridized carbons (Fsp3) is 0.357. The van der Waals surface area contributed by atoms with Crippen molar-refractivity contribution < 1.29 is 4.79 Å². The van der Waals surface area contributed by atoms with Crippen LogP contribution in [0.3, 0.4) is 0 Å². The molecule has 0 fully saturated rings. The molecule has 2 rings (SSSR count). The number of H-pyrrole nitrogens is 1. The zero-order chi connectivity index (χ0) is 14.2. The predicted octanol–water partition coefficient (Wildman–Crippen LogP) is 2.25.